The van der Waals surface area contributed by atoms with E-state index in [1.54, 1.807) is 13.0 Å². The fraction of sp³-hybridized carbons (Fsp3) is 0.615. The van der Waals surface area contributed by atoms with Crippen molar-refractivity contribution in [3.63, 3.8) is 0 Å². The Labute approximate surface area is 119 Å². The number of carbonyl (C=O) groups is 1. The van der Waals surface area contributed by atoms with E-state index in [0.29, 0.717) is 35.7 Å². The smallest absolute Gasteiger partial charge is 0.242 e. The van der Waals surface area contributed by atoms with Crippen LogP contribution in [-0.4, -0.2) is 28.5 Å². The van der Waals surface area contributed by atoms with Crippen molar-refractivity contribution in [1.29, 1.82) is 0 Å². The van der Waals surface area contributed by atoms with Gasteiger partial charge in [0.2, 0.25) is 5.91 Å². The number of halogens is 1. The van der Waals surface area contributed by atoms with Gasteiger partial charge < -0.3 is 10.6 Å². The molecule has 1 aromatic heterocycles. The summed E-state index contributed by atoms with van der Waals surface area (Å²) in [5.41, 5.74) is 0. The third-order valence-electron chi connectivity index (χ3n) is 2.50. The minimum Gasteiger partial charge on any atom is -0.358 e. The Morgan fingerprint density at radius 3 is 2.63 bits per heavy atom. The molecule has 0 aliphatic carbocycles. The molecule has 0 bridgehead atoms. The van der Waals surface area contributed by atoms with Crippen LogP contribution in [0.2, 0.25) is 5.15 Å². The number of carbonyl (C=O) groups excluding carboxylic acids is 1. The summed E-state index contributed by atoms with van der Waals surface area (Å²) in [5, 5.41) is 6.28. The van der Waals surface area contributed by atoms with Crippen LogP contribution >= 0.6 is 11.6 Å². The number of nitrogens with one attached hydrogen (secondary N) is 2. The maximum absolute atomic E-state index is 11.8. The molecule has 106 valence electrons. The first-order valence-electron chi connectivity index (χ1n) is 6.50. The van der Waals surface area contributed by atoms with Crippen molar-refractivity contribution in [1.82, 2.24) is 15.3 Å². The van der Waals surface area contributed by atoms with E-state index >= 15 is 0 Å². The summed E-state index contributed by atoms with van der Waals surface area (Å²) in [6.07, 6.45) is 0.698. The van der Waals surface area contributed by atoms with Gasteiger partial charge in [0.25, 0.3) is 0 Å². The molecule has 2 N–H and O–H groups in total. The van der Waals surface area contributed by atoms with Crippen LogP contribution in [0.1, 0.15) is 33.5 Å². The van der Waals surface area contributed by atoms with E-state index in [-0.39, 0.29) is 11.9 Å². The highest BCUT2D eigenvalue weighted by Crippen LogP contribution is 2.12. The molecule has 1 unspecified atom stereocenters. The van der Waals surface area contributed by atoms with Crippen molar-refractivity contribution in [2.24, 2.45) is 5.92 Å². The number of aromatic nitrogens is 2. The third kappa shape index (κ3) is 5.42. The first-order valence-corrected chi connectivity index (χ1v) is 6.87. The number of anilines is 1. The Hall–Kier alpha value is -1.36. The van der Waals surface area contributed by atoms with Gasteiger partial charge in [0.05, 0.1) is 0 Å². The van der Waals surface area contributed by atoms with Crippen molar-refractivity contribution in [3.8, 4) is 0 Å². The van der Waals surface area contributed by atoms with Crippen LogP contribution in [0.15, 0.2) is 6.07 Å². The van der Waals surface area contributed by atoms with E-state index in [1.165, 1.54) is 0 Å². The lowest BCUT2D eigenvalue weighted by atomic mass is 10.2. The predicted octanol–water partition coefficient (Wildman–Crippen LogP) is 2.26. The lowest BCUT2D eigenvalue weighted by Gasteiger charge is -2.16. The average molecular weight is 285 g/mol. The molecule has 0 spiro atoms. The summed E-state index contributed by atoms with van der Waals surface area (Å²) in [4.78, 5) is 20.2. The van der Waals surface area contributed by atoms with Crippen molar-refractivity contribution in [2.75, 3.05) is 11.9 Å². The zero-order valence-electron chi connectivity index (χ0n) is 11.8. The Balaban J connectivity index is 2.63. The van der Waals surface area contributed by atoms with Gasteiger partial charge in [-0.15, -0.1) is 0 Å². The minimum absolute atomic E-state index is 0.0542. The molecule has 1 aromatic rings. The molecule has 0 aliphatic heterocycles. The van der Waals surface area contributed by atoms with E-state index in [0.717, 1.165) is 0 Å². The van der Waals surface area contributed by atoms with Crippen molar-refractivity contribution < 1.29 is 4.79 Å². The quantitative estimate of drug-likeness (QED) is 0.787. The molecule has 0 fully saturated rings. The largest absolute Gasteiger partial charge is 0.358 e. The van der Waals surface area contributed by atoms with Crippen molar-refractivity contribution in [3.05, 3.63) is 17.0 Å². The number of rotatable bonds is 6. The highest BCUT2D eigenvalue weighted by Gasteiger charge is 2.14. The normalized spacial score (nSPS) is 12.3. The van der Waals surface area contributed by atoms with E-state index < -0.39 is 0 Å². The van der Waals surface area contributed by atoms with Crippen LogP contribution in [0.4, 0.5) is 5.82 Å². The van der Waals surface area contributed by atoms with Crippen LogP contribution in [0.25, 0.3) is 0 Å². The lowest BCUT2D eigenvalue weighted by molar-refractivity contribution is -0.121. The van der Waals surface area contributed by atoms with Gasteiger partial charge in [0.15, 0.2) is 0 Å². The lowest BCUT2D eigenvalue weighted by Crippen LogP contribution is -2.39. The van der Waals surface area contributed by atoms with Crippen LogP contribution in [-0.2, 0) is 11.2 Å². The molecule has 1 rings (SSSR count). The van der Waals surface area contributed by atoms with E-state index in [9.17, 15) is 4.79 Å². The van der Waals surface area contributed by atoms with Crippen molar-refractivity contribution in [2.45, 2.75) is 40.2 Å². The van der Waals surface area contributed by atoms with Gasteiger partial charge in [-0.2, -0.15) is 0 Å². The molecule has 0 saturated heterocycles. The molecule has 0 radical (unpaired) electrons. The maximum Gasteiger partial charge on any atom is 0.242 e. The molecular formula is C13H21ClN4O. The standard InChI is InChI=1S/C13H21ClN4O/c1-5-11-17-10(14)6-12(18-11)16-9(4)13(19)15-7-8(2)3/h6,8-9H,5,7H2,1-4H3,(H,15,19)(H,16,17,18). The molecule has 0 aliphatic rings. The van der Waals surface area contributed by atoms with Gasteiger partial charge in [-0.3, -0.25) is 4.79 Å². The Bertz CT molecular complexity index is 437. The fourth-order valence-corrected chi connectivity index (χ4v) is 1.64. The summed E-state index contributed by atoms with van der Waals surface area (Å²) in [6, 6.07) is 1.25. The van der Waals surface area contributed by atoms with E-state index in [2.05, 4.69) is 34.4 Å². The molecule has 5 nitrogen and oxygen atoms in total. The third-order valence-corrected chi connectivity index (χ3v) is 2.69. The number of hydrogen-bond donors (Lipinski definition) is 2. The number of aryl methyl sites for hydroxylation is 1. The first-order chi connectivity index (χ1) is 8.92. The Morgan fingerprint density at radius 1 is 1.37 bits per heavy atom. The number of amides is 1. The van der Waals surface area contributed by atoms with Crippen LogP contribution < -0.4 is 10.6 Å². The van der Waals surface area contributed by atoms with E-state index in [4.69, 9.17) is 11.6 Å². The van der Waals surface area contributed by atoms with Crippen molar-refractivity contribution >= 4 is 23.3 Å². The Kier molecular flexibility index (Phi) is 6.02. The van der Waals surface area contributed by atoms with Gasteiger partial charge >= 0.3 is 0 Å². The number of hydrogen-bond acceptors (Lipinski definition) is 4. The minimum atomic E-state index is -0.366. The zero-order valence-corrected chi connectivity index (χ0v) is 12.6. The van der Waals surface area contributed by atoms with Crippen LogP contribution in [0, 0.1) is 5.92 Å². The summed E-state index contributed by atoms with van der Waals surface area (Å²) in [5.74, 6) is 1.60. The van der Waals surface area contributed by atoms with E-state index in [1.807, 2.05) is 6.92 Å². The molecule has 1 amide bonds. The summed E-state index contributed by atoms with van der Waals surface area (Å²) in [6.45, 7) is 8.51. The van der Waals surface area contributed by atoms with Gasteiger partial charge in [0, 0.05) is 19.0 Å². The van der Waals surface area contributed by atoms with Gasteiger partial charge in [0.1, 0.15) is 22.8 Å². The van der Waals surface area contributed by atoms with Gasteiger partial charge in [-0.05, 0) is 12.8 Å². The molecule has 1 heterocycles. The molecule has 1 atom stereocenters. The van der Waals surface area contributed by atoms with Crippen LogP contribution in [0.5, 0.6) is 0 Å². The second-order valence-corrected chi connectivity index (χ2v) is 5.24. The fourth-order valence-electron chi connectivity index (χ4n) is 1.44. The van der Waals surface area contributed by atoms with Crippen LogP contribution in [0.3, 0.4) is 0 Å². The highest BCUT2D eigenvalue weighted by molar-refractivity contribution is 6.29. The highest BCUT2D eigenvalue weighted by atomic mass is 35.5. The first kappa shape index (κ1) is 15.7. The number of nitrogens with zero attached hydrogens (tertiary/aromatic N) is 2. The topological polar surface area (TPSA) is 66.9 Å². The SMILES string of the molecule is CCc1nc(Cl)cc(NC(C)C(=O)NCC(C)C)n1. The second-order valence-electron chi connectivity index (χ2n) is 4.85. The molecule has 0 saturated carbocycles. The average Bonchev–Trinajstić information content (AvgIpc) is 2.34. The van der Waals surface area contributed by atoms with Gasteiger partial charge in [-0.25, -0.2) is 9.97 Å². The summed E-state index contributed by atoms with van der Waals surface area (Å²) < 4.78 is 0. The maximum atomic E-state index is 11.8. The second kappa shape index (κ2) is 7.28. The molecular weight excluding hydrogens is 264 g/mol. The monoisotopic (exact) mass is 284 g/mol. The molecule has 6 heteroatoms. The summed E-state index contributed by atoms with van der Waals surface area (Å²) in [7, 11) is 0. The summed E-state index contributed by atoms with van der Waals surface area (Å²) >= 11 is 5.90. The molecule has 19 heavy (non-hydrogen) atoms. The predicted molar refractivity (Wildman–Crippen MR) is 77.4 cm³/mol. The Morgan fingerprint density at radius 2 is 2.05 bits per heavy atom. The zero-order chi connectivity index (χ0) is 14.4. The van der Waals surface area contributed by atoms with Gasteiger partial charge in [-0.1, -0.05) is 32.4 Å². The molecule has 0 aromatic carbocycles.